The second kappa shape index (κ2) is 9.96. The highest BCUT2D eigenvalue weighted by molar-refractivity contribution is 6.08. The first-order valence-corrected chi connectivity index (χ1v) is 11.2. The SMILES string of the molecule is COc1cc2c(cc1OC)CN(CCc1ccc(NC(=O)c3c(C)cccc3N)cc1)CC2. The summed E-state index contributed by atoms with van der Waals surface area (Å²) in [7, 11) is 3.35. The van der Waals surface area contributed by atoms with Crippen LogP contribution >= 0.6 is 0 Å². The smallest absolute Gasteiger partial charge is 0.258 e. The minimum atomic E-state index is -0.183. The molecule has 0 radical (unpaired) electrons. The molecule has 1 aliphatic rings. The number of rotatable bonds is 7. The Morgan fingerprint density at radius 1 is 1.03 bits per heavy atom. The van der Waals surface area contributed by atoms with Gasteiger partial charge in [-0.3, -0.25) is 9.69 Å². The number of fused-ring (bicyclic) bond motifs is 1. The molecule has 0 spiro atoms. The van der Waals surface area contributed by atoms with Crippen LogP contribution in [0.4, 0.5) is 11.4 Å². The number of benzene rings is 3. The average molecular weight is 446 g/mol. The fourth-order valence-electron chi connectivity index (χ4n) is 4.37. The summed E-state index contributed by atoms with van der Waals surface area (Å²) in [5, 5.41) is 2.95. The number of aryl methyl sites for hydroxylation is 1. The van der Waals surface area contributed by atoms with Crippen molar-refractivity contribution in [1.82, 2.24) is 4.90 Å². The van der Waals surface area contributed by atoms with E-state index in [0.717, 1.165) is 55.2 Å². The number of amides is 1. The van der Waals surface area contributed by atoms with Gasteiger partial charge in [-0.05, 0) is 72.4 Å². The number of carbonyl (C=O) groups is 1. The first kappa shape index (κ1) is 22.7. The minimum absolute atomic E-state index is 0.183. The Balaban J connectivity index is 1.34. The van der Waals surface area contributed by atoms with Gasteiger partial charge < -0.3 is 20.5 Å². The van der Waals surface area contributed by atoms with Gasteiger partial charge in [-0.2, -0.15) is 0 Å². The van der Waals surface area contributed by atoms with Crippen LogP contribution in [0.5, 0.6) is 11.5 Å². The van der Waals surface area contributed by atoms with E-state index in [1.807, 2.05) is 31.2 Å². The first-order chi connectivity index (χ1) is 16.0. The van der Waals surface area contributed by atoms with Gasteiger partial charge in [0.25, 0.3) is 5.91 Å². The number of methoxy groups -OCH3 is 2. The number of nitrogens with two attached hydrogens (primary N) is 1. The van der Waals surface area contributed by atoms with Gasteiger partial charge >= 0.3 is 0 Å². The standard InChI is InChI=1S/C27H31N3O3/c1-18-5-4-6-23(28)26(18)27(31)29-22-9-7-19(8-10-22)11-13-30-14-12-20-15-24(32-2)25(33-3)16-21(20)17-30/h4-10,15-16H,11-14,17,28H2,1-3H3,(H,29,31). The van der Waals surface area contributed by atoms with Gasteiger partial charge in [-0.25, -0.2) is 0 Å². The molecule has 0 unspecified atom stereocenters. The first-order valence-electron chi connectivity index (χ1n) is 11.2. The monoisotopic (exact) mass is 445 g/mol. The van der Waals surface area contributed by atoms with E-state index < -0.39 is 0 Å². The number of nitrogen functional groups attached to an aromatic ring is 1. The number of hydrogen-bond acceptors (Lipinski definition) is 5. The molecule has 1 aliphatic heterocycles. The Hall–Kier alpha value is -3.51. The van der Waals surface area contributed by atoms with E-state index in [-0.39, 0.29) is 5.91 Å². The summed E-state index contributed by atoms with van der Waals surface area (Å²) in [6.07, 6.45) is 1.95. The van der Waals surface area contributed by atoms with Gasteiger partial charge in [0.05, 0.1) is 19.8 Å². The Morgan fingerprint density at radius 3 is 2.39 bits per heavy atom. The predicted octanol–water partition coefficient (Wildman–Crippen LogP) is 4.45. The predicted molar refractivity (Wildman–Crippen MR) is 132 cm³/mol. The lowest BCUT2D eigenvalue weighted by atomic mass is 9.98. The maximum Gasteiger partial charge on any atom is 0.258 e. The molecule has 172 valence electrons. The minimum Gasteiger partial charge on any atom is -0.493 e. The van der Waals surface area contributed by atoms with Gasteiger partial charge in [0.15, 0.2) is 11.5 Å². The van der Waals surface area contributed by atoms with Crippen molar-refractivity contribution in [3.8, 4) is 11.5 Å². The number of nitrogens with zero attached hydrogens (tertiary/aromatic N) is 1. The lowest BCUT2D eigenvalue weighted by Crippen LogP contribution is -2.32. The highest BCUT2D eigenvalue weighted by Gasteiger charge is 2.19. The zero-order valence-corrected chi connectivity index (χ0v) is 19.5. The molecule has 4 rings (SSSR count). The molecule has 6 heteroatoms. The highest BCUT2D eigenvalue weighted by Crippen LogP contribution is 2.33. The fourth-order valence-corrected chi connectivity index (χ4v) is 4.37. The van der Waals surface area contributed by atoms with Crippen molar-refractivity contribution in [2.45, 2.75) is 26.3 Å². The van der Waals surface area contributed by atoms with Crippen LogP contribution in [0.3, 0.4) is 0 Å². The molecule has 0 saturated heterocycles. The highest BCUT2D eigenvalue weighted by atomic mass is 16.5. The molecule has 0 atom stereocenters. The number of carbonyl (C=O) groups excluding carboxylic acids is 1. The third-order valence-corrected chi connectivity index (χ3v) is 6.26. The largest absolute Gasteiger partial charge is 0.493 e. The molecule has 0 fully saturated rings. The second-order valence-corrected chi connectivity index (χ2v) is 8.44. The molecule has 33 heavy (non-hydrogen) atoms. The van der Waals surface area contributed by atoms with Crippen molar-refractivity contribution >= 4 is 17.3 Å². The van der Waals surface area contributed by atoms with Crippen molar-refractivity contribution < 1.29 is 14.3 Å². The van der Waals surface area contributed by atoms with Gasteiger partial charge in [0, 0.05) is 31.0 Å². The Labute approximate surface area is 195 Å². The molecule has 0 saturated carbocycles. The number of hydrogen-bond donors (Lipinski definition) is 2. The van der Waals surface area contributed by atoms with Crippen LogP contribution in [-0.2, 0) is 19.4 Å². The number of anilines is 2. The van der Waals surface area contributed by atoms with E-state index in [4.69, 9.17) is 15.2 Å². The summed E-state index contributed by atoms with van der Waals surface area (Å²) in [4.78, 5) is 15.1. The summed E-state index contributed by atoms with van der Waals surface area (Å²) in [6.45, 7) is 4.79. The summed E-state index contributed by atoms with van der Waals surface area (Å²) in [6, 6.07) is 17.7. The van der Waals surface area contributed by atoms with Gasteiger partial charge in [-0.15, -0.1) is 0 Å². The number of nitrogens with one attached hydrogen (secondary N) is 1. The second-order valence-electron chi connectivity index (χ2n) is 8.44. The van der Waals surface area contributed by atoms with Crippen molar-refractivity contribution in [2.24, 2.45) is 0 Å². The maximum atomic E-state index is 12.6. The quantitative estimate of drug-likeness (QED) is 0.526. The zero-order valence-electron chi connectivity index (χ0n) is 19.5. The molecule has 3 aromatic carbocycles. The van der Waals surface area contributed by atoms with Crippen molar-refractivity contribution in [3.63, 3.8) is 0 Å². The maximum absolute atomic E-state index is 12.6. The third-order valence-electron chi connectivity index (χ3n) is 6.26. The van der Waals surface area contributed by atoms with Crippen LogP contribution in [0.15, 0.2) is 54.6 Å². The molecular weight excluding hydrogens is 414 g/mol. The molecule has 0 bridgehead atoms. The molecule has 6 nitrogen and oxygen atoms in total. The molecule has 3 aromatic rings. The normalized spacial score (nSPS) is 13.3. The van der Waals surface area contributed by atoms with Crippen LogP contribution < -0.4 is 20.5 Å². The summed E-state index contributed by atoms with van der Waals surface area (Å²) in [5.41, 5.74) is 12.5. The van der Waals surface area contributed by atoms with E-state index in [1.165, 1.54) is 16.7 Å². The van der Waals surface area contributed by atoms with E-state index >= 15 is 0 Å². The van der Waals surface area contributed by atoms with Crippen LogP contribution in [0.1, 0.15) is 32.6 Å². The van der Waals surface area contributed by atoms with Crippen LogP contribution in [0, 0.1) is 6.92 Å². The van der Waals surface area contributed by atoms with Gasteiger partial charge in [-0.1, -0.05) is 24.3 Å². The van der Waals surface area contributed by atoms with E-state index in [2.05, 4.69) is 34.5 Å². The molecule has 1 amide bonds. The van der Waals surface area contributed by atoms with Crippen LogP contribution in [0.25, 0.3) is 0 Å². The van der Waals surface area contributed by atoms with Crippen LogP contribution in [0.2, 0.25) is 0 Å². The third kappa shape index (κ3) is 5.12. The molecule has 0 aromatic heterocycles. The summed E-state index contributed by atoms with van der Waals surface area (Å²) in [5.74, 6) is 1.39. The Kier molecular flexibility index (Phi) is 6.84. The average Bonchev–Trinajstić information content (AvgIpc) is 2.82. The van der Waals surface area contributed by atoms with E-state index in [1.54, 1.807) is 20.3 Å². The van der Waals surface area contributed by atoms with Crippen molar-refractivity contribution in [3.05, 3.63) is 82.4 Å². The van der Waals surface area contributed by atoms with Gasteiger partial charge in [0.1, 0.15) is 0 Å². The Bertz CT molecular complexity index is 1120. The molecule has 3 N–H and O–H groups in total. The molecule has 0 aliphatic carbocycles. The molecule has 1 heterocycles. The lowest BCUT2D eigenvalue weighted by Gasteiger charge is -2.29. The lowest BCUT2D eigenvalue weighted by molar-refractivity contribution is 0.102. The number of ether oxygens (including phenoxy) is 2. The topological polar surface area (TPSA) is 76.8 Å². The molecular formula is C27H31N3O3. The van der Waals surface area contributed by atoms with E-state index in [9.17, 15) is 4.79 Å². The van der Waals surface area contributed by atoms with Crippen molar-refractivity contribution in [1.29, 1.82) is 0 Å². The summed E-state index contributed by atoms with van der Waals surface area (Å²) >= 11 is 0. The fraction of sp³-hybridized carbons (Fsp3) is 0.296. The van der Waals surface area contributed by atoms with Crippen LogP contribution in [-0.4, -0.2) is 38.1 Å². The summed E-state index contributed by atoms with van der Waals surface area (Å²) < 4.78 is 10.9. The van der Waals surface area contributed by atoms with E-state index in [0.29, 0.717) is 11.3 Å². The van der Waals surface area contributed by atoms with Crippen molar-refractivity contribution in [2.75, 3.05) is 38.4 Å². The Morgan fingerprint density at radius 2 is 1.73 bits per heavy atom. The van der Waals surface area contributed by atoms with Gasteiger partial charge in [0.2, 0.25) is 0 Å². The zero-order chi connectivity index (χ0) is 23.4.